The number of nitrogens with one attached hydrogen (secondary N) is 2. The van der Waals surface area contributed by atoms with E-state index in [1.165, 1.54) is 64.6 Å². The first-order chi connectivity index (χ1) is 7.88. The first-order valence-corrected chi connectivity index (χ1v) is 7.32. The maximum Gasteiger partial charge on any atom is 0.00673 e. The van der Waals surface area contributed by atoms with Crippen LogP contribution in [0.5, 0.6) is 0 Å². The summed E-state index contributed by atoms with van der Waals surface area (Å²) in [4.78, 5) is 0. The lowest BCUT2D eigenvalue weighted by molar-refractivity contribution is 0.265. The largest absolute Gasteiger partial charge is 0.316 e. The van der Waals surface area contributed by atoms with E-state index in [-0.39, 0.29) is 0 Å². The van der Waals surface area contributed by atoms with Crippen LogP contribution in [0, 0.1) is 11.8 Å². The summed E-state index contributed by atoms with van der Waals surface area (Å²) in [6.45, 7) is 6.05. The van der Waals surface area contributed by atoms with Crippen molar-refractivity contribution in [3.05, 3.63) is 0 Å². The van der Waals surface area contributed by atoms with E-state index in [2.05, 4.69) is 17.6 Å². The van der Waals surface area contributed by atoms with Gasteiger partial charge in [-0.3, -0.25) is 0 Å². The lowest BCUT2D eigenvalue weighted by Crippen LogP contribution is -2.41. The van der Waals surface area contributed by atoms with Gasteiger partial charge in [-0.25, -0.2) is 0 Å². The van der Waals surface area contributed by atoms with Gasteiger partial charge in [-0.1, -0.05) is 13.3 Å². The Labute approximate surface area is 101 Å². The zero-order valence-corrected chi connectivity index (χ0v) is 10.8. The van der Waals surface area contributed by atoms with Gasteiger partial charge in [0.2, 0.25) is 0 Å². The second-order valence-electron chi connectivity index (χ2n) is 5.75. The molecule has 1 atom stereocenters. The first-order valence-electron chi connectivity index (χ1n) is 7.32. The number of hydrogen-bond acceptors (Lipinski definition) is 2. The molecule has 0 aromatic heterocycles. The normalized spacial score (nSPS) is 36.2. The Morgan fingerprint density at radius 2 is 1.88 bits per heavy atom. The Balaban J connectivity index is 1.59. The molecule has 1 aliphatic carbocycles. The van der Waals surface area contributed by atoms with Gasteiger partial charge in [0.25, 0.3) is 0 Å². The lowest BCUT2D eigenvalue weighted by atomic mass is 9.84. The summed E-state index contributed by atoms with van der Waals surface area (Å²) >= 11 is 0. The van der Waals surface area contributed by atoms with Gasteiger partial charge in [0.05, 0.1) is 0 Å². The number of piperidine rings is 1. The Kier molecular flexibility index (Phi) is 5.11. The first kappa shape index (κ1) is 12.4. The second kappa shape index (κ2) is 6.61. The summed E-state index contributed by atoms with van der Waals surface area (Å²) in [6.07, 6.45) is 9.92. The molecule has 1 unspecified atom stereocenters. The van der Waals surface area contributed by atoms with Crippen molar-refractivity contribution in [1.29, 1.82) is 0 Å². The SMILES string of the molecule is CCC1CCC(NCC2CCCNC2)CC1. The molecule has 94 valence electrons. The van der Waals surface area contributed by atoms with E-state index >= 15 is 0 Å². The third kappa shape index (κ3) is 3.74. The van der Waals surface area contributed by atoms with Crippen molar-refractivity contribution >= 4 is 0 Å². The average Bonchev–Trinajstić information content (AvgIpc) is 2.38. The fraction of sp³-hybridized carbons (Fsp3) is 1.00. The van der Waals surface area contributed by atoms with Gasteiger partial charge in [0.15, 0.2) is 0 Å². The molecule has 1 heterocycles. The third-order valence-electron chi connectivity index (χ3n) is 4.52. The van der Waals surface area contributed by atoms with Gasteiger partial charge in [0.1, 0.15) is 0 Å². The standard InChI is InChI=1S/C14H28N2/c1-2-12-5-7-14(8-6-12)16-11-13-4-3-9-15-10-13/h12-16H,2-11H2,1H3. The fourth-order valence-electron chi connectivity index (χ4n) is 3.21. The van der Waals surface area contributed by atoms with Gasteiger partial charge >= 0.3 is 0 Å². The molecule has 1 aliphatic heterocycles. The predicted octanol–water partition coefficient (Wildman–Crippen LogP) is 2.54. The van der Waals surface area contributed by atoms with Crippen molar-refractivity contribution in [2.45, 2.75) is 57.9 Å². The zero-order chi connectivity index (χ0) is 11.2. The Bertz CT molecular complexity index is 179. The minimum atomic E-state index is 0.824. The van der Waals surface area contributed by atoms with Crippen molar-refractivity contribution in [3.8, 4) is 0 Å². The molecule has 0 aromatic carbocycles. The van der Waals surface area contributed by atoms with Crippen molar-refractivity contribution in [3.63, 3.8) is 0 Å². The van der Waals surface area contributed by atoms with E-state index in [0.29, 0.717) is 0 Å². The second-order valence-corrected chi connectivity index (χ2v) is 5.75. The van der Waals surface area contributed by atoms with Crippen LogP contribution in [0.4, 0.5) is 0 Å². The molecule has 16 heavy (non-hydrogen) atoms. The molecule has 0 spiro atoms. The average molecular weight is 224 g/mol. The van der Waals surface area contributed by atoms with Crippen LogP contribution in [0.15, 0.2) is 0 Å². The molecule has 2 nitrogen and oxygen atoms in total. The van der Waals surface area contributed by atoms with Crippen LogP contribution in [0.1, 0.15) is 51.9 Å². The molecule has 1 saturated heterocycles. The third-order valence-corrected chi connectivity index (χ3v) is 4.52. The van der Waals surface area contributed by atoms with Crippen LogP contribution in [-0.4, -0.2) is 25.7 Å². The van der Waals surface area contributed by atoms with E-state index < -0.39 is 0 Å². The molecule has 0 radical (unpaired) electrons. The zero-order valence-electron chi connectivity index (χ0n) is 10.8. The minimum Gasteiger partial charge on any atom is -0.316 e. The maximum atomic E-state index is 3.80. The fourth-order valence-corrected chi connectivity index (χ4v) is 3.21. The molecule has 0 aromatic rings. The molecule has 2 rings (SSSR count). The molecule has 2 N–H and O–H groups in total. The highest BCUT2D eigenvalue weighted by molar-refractivity contribution is 4.79. The lowest BCUT2D eigenvalue weighted by Gasteiger charge is -2.31. The Hall–Kier alpha value is -0.0800. The van der Waals surface area contributed by atoms with Gasteiger partial charge in [-0.15, -0.1) is 0 Å². The van der Waals surface area contributed by atoms with E-state index in [9.17, 15) is 0 Å². The highest BCUT2D eigenvalue weighted by Crippen LogP contribution is 2.26. The molecule has 1 saturated carbocycles. The van der Waals surface area contributed by atoms with E-state index in [4.69, 9.17) is 0 Å². The van der Waals surface area contributed by atoms with Crippen LogP contribution in [-0.2, 0) is 0 Å². The molecule has 2 heteroatoms. The van der Waals surface area contributed by atoms with Crippen molar-refractivity contribution < 1.29 is 0 Å². The summed E-state index contributed by atoms with van der Waals surface area (Å²) in [5.74, 6) is 1.91. The van der Waals surface area contributed by atoms with Crippen LogP contribution in [0.25, 0.3) is 0 Å². The van der Waals surface area contributed by atoms with Crippen LogP contribution < -0.4 is 10.6 Å². The van der Waals surface area contributed by atoms with Gasteiger partial charge in [0, 0.05) is 6.04 Å². The van der Waals surface area contributed by atoms with E-state index in [0.717, 1.165) is 17.9 Å². The summed E-state index contributed by atoms with van der Waals surface area (Å²) in [5.41, 5.74) is 0. The highest BCUT2D eigenvalue weighted by Gasteiger charge is 2.20. The number of hydrogen-bond donors (Lipinski definition) is 2. The summed E-state index contributed by atoms with van der Waals surface area (Å²) in [5, 5.41) is 7.29. The van der Waals surface area contributed by atoms with Crippen molar-refractivity contribution in [2.75, 3.05) is 19.6 Å². The molecule has 0 amide bonds. The quantitative estimate of drug-likeness (QED) is 0.767. The van der Waals surface area contributed by atoms with Crippen LogP contribution in [0.2, 0.25) is 0 Å². The molecule has 0 bridgehead atoms. The van der Waals surface area contributed by atoms with Gasteiger partial charge in [-0.05, 0) is 70.0 Å². The molecular weight excluding hydrogens is 196 g/mol. The molecule has 2 fully saturated rings. The topological polar surface area (TPSA) is 24.1 Å². The monoisotopic (exact) mass is 224 g/mol. The van der Waals surface area contributed by atoms with E-state index in [1.807, 2.05) is 0 Å². The van der Waals surface area contributed by atoms with Gasteiger partial charge in [-0.2, -0.15) is 0 Å². The number of rotatable bonds is 4. The van der Waals surface area contributed by atoms with Crippen LogP contribution >= 0.6 is 0 Å². The maximum absolute atomic E-state index is 3.80. The highest BCUT2D eigenvalue weighted by atomic mass is 14.9. The predicted molar refractivity (Wildman–Crippen MR) is 69.6 cm³/mol. The Morgan fingerprint density at radius 1 is 1.06 bits per heavy atom. The minimum absolute atomic E-state index is 0.824. The summed E-state index contributed by atoms with van der Waals surface area (Å²) in [7, 11) is 0. The smallest absolute Gasteiger partial charge is 0.00673 e. The van der Waals surface area contributed by atoms with Crippen molar-refractivity contribution in [2.24, 2.45) is 11.8 Å². The molecular formula is C14H28N2. The van der Waals surface area contributed by atoms with Crippen LogP contribution in [0.3, 0.4) is 0 Å². The van der Waals surface area contributed by atoms with Gasteiger partial charge < -0.3 is 10.6 Å². The summed E-state index contributed by atoms with van der Waals surface area (Å²) < 4.78 is 0. The molecule has 2 aliphatic rings. The Morgan fingerprint density at radius 3 is 2.50 bits per heavy atom. The van der Waals surface area contributed by atoms with Crippen molar-refractivity contribution in [1.82, 2.24) is 10.6 Å². The van der Waals surface area contributed by atoms with E-state index in [1.54, 1.807) is 0 Å². The summed E-state index contributed by atoms with van der Waals surface area (Å²) in [6, 6.07) is 0.824.